The average molecular weight is 529 g/mol. The molecule has 0 unspecified atom stereocenters. The number of aromatic nitrogens is 2. The third-order valence-electron chi connectivity index (χ3n) is 7.90. The van der Waals surface area contributed by atoms with Gasteiger partial charge in [-0.05, 0) is 85.4 Å². The SMILES string of the molecule is Cc1cc([C@@H](CC(=O)c2cc(Cn3ccn(C)c3=N)cc(N3CCC[C@@H]3C(F)(F)F)c2)C2CC2)ccc1F. The van der Waals surface area contributed by atoms with Crippen LogP contribution in [0, 0.1) is 24.1 Å². The number of carbonyl (C=O) groups excluding carboxylic acids is 1. The van der Waals surface area contributed by atoms with E-state index in [1.807, 2.05) is 0 Å². The van der Waals surface area contributed by atoms with Crippen molar-refractivity contribution in [3.05, 3.63) is 82.5 Å². The molecule has 1 saturated carbocycles. The average Bonchev–Trinajstić information content (AvgIpc) is 3.49. The number of anilines is 1. The molecule has 0 bridgehead atoms. The van der Waals surface area contributed by atoms with Crippen LogP contribution in [0.4, 0.5) is 23.2 Å². The first-order valence-electron chi connectivity index (χ1n) is 13.0. The molecule has 1 N–H and O–H groups in total. The number of Topliss-reactive ketones (excluding diaryl/α,β-unsaturated/α-hetero) is 1. The number of imidazole rings is 1. The second-order valence-electron chi connectivity index (χ2n) is 10.7. The molecule has 2 atom stereocenters. The molecule has 9 heteroatoms. The van der Waals surface area contributed by atoms with Gasteiger partial charge in [-0.15, -0.1) is 0 Å². The Labute approximate surface area is 219 Å². The van der Waals surface area contributed by atoms with Gasteiger partial charge in [0.25, 0.3) is 0 Å². The number of ketones is 1. The largest absolute Gasteiger partial charge is 0.408 e. The Morgan fingerprint density at radius 2 is 1.87 bits per heavy atom. The van der Waals surface area contributed by atoms with Gasteiger partial charge >= 0.3 is 6.18 Å². The predicted octanol–water partition coefficient (Wildman–Crippen LogP) is 6.10. The molecule has 0 amide bonds. The normalized spacial score (nSPS) is 18.7. The molecule has 2 heterocycles. The number of carbonyl (C=O) groups is 1. The maximum Gasteiger partial charge on any atom is 0.408 e. The molecular formula is C29H32F4N4O. The van der Waals surface area contributed by atoms with E-state index in [0.29, 0.717) is 34.7 Å². The van der Waals surface area contributed by atoms with E-state index in [4.69, 9.17) is 5.41 Å². The predicted molar refractivity (Wildman–Crippen MR) is 137 cm³/mol. The van der Waals surface area contributed by atoms with Crippen molar-refractivity contribution in [2.24, 2.45) is 13.0 Å². The number of hydrogen-bond donors (Lipinski definition) is 1. The van der Waals surface area contributed by atoms with Crippen LogP contribution in [0.15, 0.2) is 48.8 Å². The topological polar surface area (TPSA) is 54.0 Å². The van der Waals surface area contributed by atoms with E-state index in [9.17, 15) is 22.4 Å². The van der Waals surface area contributed by atoms with E-state index in [1.165, 1.54) is 11.0 Å². The fourth-order valence-electron chi connectivity index (χ4n) is 5.63. The molecule has 1 saturated heterocycles. The summed E-state index contributed by atoms with van der Waals surface area (Å²) >= 11 is 0. The van der Waals surface area contributed by atoms with Gasteiger partial charge in [-0.1, -0.05) is 12.1 Å². The highest BCUT2D eigenvalue weighted by Gasteiger charge is 2.46. The van der Waals surface area contributed by atoms with E-state index < -0.39 is 12.2 Å². The van der Waals surface area contributed by atoms with Crippen molar-refractivity contribution >= 4 is 11.5 Å². The molecule has 5 nitrogen and oxygen atoms in total. The Hall–Kier alpha value is -3.36. The van der Waals surface area contributed by atoms with E-state index in [0.717, 1.165) is 18.4 Å². The zero-order valence-electron chi connectivity index (χ0n) is 21.6. The van der Waals surface area contributed by atoms with Crippen molar-refractivity contribution in [3.8, 4) is 0 Å². The molecule has 0 spiro atoms. The first-order valence-corrected chi connectivity index (χ1v) is 13.0. The summed E-state index contributed by atoms with van der Waals surface area (Å²) in [4.78, 5) is 15.0. The summed E-state index contributed by atoms with van der Waals surface area (Å²) in [6.07, 6.45) is 1.77. The molecule has 1 aliphatic heterocycles. The van der Waals surface area contributed by atoms with Gasteiger partial charge in [-0.25, -0.2) is 4.39 Å². The van der Waals surface area contributed by atoms with Crippen LogP contribution < -0.4 is 10.5 Å². The molecule has 3 aromatic rings. The second kappa shape index (κ2) is 10.1. The highest BCUT2D eigenvalue weighted by Crippen LogP contribution is 2.45. The number of rotatable bonds is 8. The Morgan fingerprint density at radius 3 is 2.50 bits per heavy atom. The summed E-state index contributed by atoms with van der Waals surface area (Å²) in [5, 5.41) is 8.24. The quantitative estimate of drug-likeness (QED) is 0.284. The van der Waals surface area contributed by atoms with Gasteiger partial charge in [0.05, 0.1) is 6.54 Å². The number of aryl methyl sites for hydroxylation is 2. The van der Waals surface area contributed by atoms with Gasteiger partial charge in [0.2, 0.25) is 5.62 Å². The first kappa shape index (κ1) is 26.3. The zero-order chi connectivity index (χ0) is 27.2. The Bertz CT molecular complexity index is 1400. The number of hydrogen-bond acceptors (Lipinski definition) is 3. The van der Waals surface area contributed by atoms with E-state index in [2.05, 4.69) is 0 Å². The number of nitrogens with one attached hydrogen (secondary N) is 1. The molecule has 2 aliphatic rings. The molecular weight excluding hydrogens is 496 g/mol. The van der Waals surface area contributed by atoms with E-state index in [1.54, 1.807) is 65.8 Å². The molecule has 0 radical (unpaired) electrons. The lowest BCUT2D eigenvalue weighted by Gasteiger charge is -2.29. The summed E-state index contributed by atoms with van der Waals surface area (Å²) in [6.45, 7) is 2.24. The molecule has 1 aromatic heterocycles. The van der Waals surface area contributed by atoms with E-state index >= 15 is 0 Å². The summed E-state index contributed by atoms with van der Waals surface area (Å²) in [5.41, 5.74) is 3.13. The van der Waals surface area contributed by atoms with Crippen LogP contribution in [0.5, 0.6) is 0 Å². The zero-order valence-corrected chi connectivity index (χ0v) is 21.6. The monoisotopic (exact) mass is 528 g/mol. The van der Waals surface area contributed by atoms with Crippen LogP contribution in [0.25, 0.3) is 0 Å². The van der Waals surface area contributed by atoms with Crippen molar-refractivity contribution in [3.63, 3.8) is 0 Å². The van der Waals surface area contributed by atoms with Crippen LogP contribution in [0.2, 0.25) is 0 Å². The minimum absolute atomic E-state index is 0.0228. The van der Waals surface area contributed by atoms with E-state index in [-0.39, 0.29) is 49.1 Å². The van der Waals surface area contributed by atoms with Gasteiger partial charge in [0, 0.05) is 43.7 Å². The highest BCUT2D eigenvalue weighted by molar-refractivity contribution is 5.97. The fraction of sp³-hybridized carbons (Fsp3) is 0.448. The van der Waals surface area contributed by atoms with Gasteiger partial charge < -0.3 is 14.0 Å². The van der Waals surface area contributed by atoms with Crippen molar-refractivity contribution in [2.45, 2.75) is 63.7 Å². The number of halogens is 4. The smallest absolute Gasteiger partial charge is 0.360 e. The van der Waals surface area contributed by atoms with Crippen LogP contribution in [-0.4, -0.2) is 33.7 Å². The molecule has 202 valence electrons. The minimum atomic E-state index is -4.36. The molecule has 38 heavy (non-hydrogen) atoms. The van der Waals surface area contributed by atoms with Crippen molar-refractivity contribution in [1.29, 1.82) is 5.41 Å². The lowest BCUT2D eigenvalue weighted by atomic mass is 9.86. The molecule has 2 fully saturated rings. The van der Waals surface area contributed by atoms with Crippen LogP contribution in [-0.2, 0) is 13.6 Å². The minimum Gasteiger partial charge on any atom is -0.360 e. The molecule has 2 aromatic carbocycles. The molecule has 1 aliphatic carbocycles. The van der Waals surface area contributed by atoms with Gasteiger partial charge in [-0.2, -0.15) is 13.2 Å². The third-order valence-corrected chi connectivity index (χ3v) is 7.90. The second-order valence-corrected chi connectivity index (χ2v) is 10.7. The van der Waals surface area contributed by atoms with Gasteiger partial charge in [0.1, 0.15) is 11.9 Å². The lowest BCUT2D eigenvalue weighted by molar-refractivity contribution is -0.145. The Morgan fingerprint density at radius 1 is 1.11 bits per heavy atom. The van der Waals surface area contributed by atoms with Crippen LogP contribution >= 0.6 is 0 Å². The Kier molecular flexibility index (Phi) is 6.96. The summed E-state index contributed by atoms with van der Waals surface area (Å²) in [7, 11) is 1.75. The number of nitrogens with zero attached hydrogens (tertiary/aromatic N) is 3. The van der Waals surface area contributed by atoms with Crippen molar-refractivity contribution in [2.75, 3.05) is 11.4 Å². The number of benzene rings is 2. The lowest BCUT2D eigenvalue weighted by Crippen LogP contribution is -2.41. The van der Waals surface area contributed by atoms with Crippen molar-refractivity contribution in [1.82, 2.24) is 9.13 Å². The Balaban J connectivity index is 1.50. The fourth-order valence-corrected chi connectivity index (χ4v) is 5.63. The summed E-state index contributed by atoms with van der Waals surface area (Å²) in [5.74, 6) is -0.153. The maximum atomic E-state index is 13.9. The maximum absolute atomic E-state index is 13.9. The third kappa shape index (κ3) is 5.42. The van der Waals surface area contributed by atoms with Gasteiger partial charge in [0.15, 0.2) is 5.78 Å². The molecule has 5 rings (SSSR count). The summed E-state index contributed by atoms with van der Waals surface area (Å²) < 4.78 is 58.7. The first-order chi connectivity index (χ1) is 18.0. The standard InChI is InChI=1S/C29H32F4N4O/c1-18-12-21(7-8-25(18)30)24(20-5-6-20)16-26(38)22-13-19(17-36-11-10-35(2)28(36)34)14-23(15-22)37-9-3-4-27(37)29(31,32)33/h7-8,10-15,20,24,27,34H,3-6,9,16-17H2,1-2H3/t24-,27+/m0/s1. The highest BCUT2D eigenvalue weighted by atomic mass is 19.4. The summed E-state index contributed by atoms with van der Waals surface area (Å²) in [6, 6.07) is 8.43. The van der Waals surface area contributed by atoms with Crippen LogP contribution in [0.1, 0.15) is 65.1 Å². The van der Waals surface area contributed by atoms with Gasteiger partial charge in [-0.3, -0.25) is 10.2 Å². The van der Waals surface area contributed by atoms with Crippen LogP contribution in [0.3, 0.4) is 0 Å². The number of alkyl halides is 3. The van der Waals surface area contributed by atoms with Crippen molar-refractivity contribution < 1.29 is 22.4 Å².